The van der Waals surface area contributed by atoms with Gasteiger partial charge in [-0.25, -0.2) is 9.67 Å². The summed E-state index contributed by atoms with van der Waals surface area (Å²) in [5.41, 5.74) is 1.93. The summed E-state index contributed by atoms with van der Waals surface area (Å²) >= 11 is 0. The second-order valence-corrected chi connectivity index (χ2v) is 11.1. The molecule has 0 bridgehead atoms. The van der Waals surface area contributed by atoms with Crippen molar-refractivity contribution in [3.05, 3.63) is 77.4 Å². The molecule has 0 radical (unpaired) electrons. The first-order valence-corrected chi connectivity index (χ1v) is 14.9. The fraction of sp³-hybridized carbons (Fsp3) is 0.469. The summed E-state index contributed by atoms with van der Waals surface area (Å²) < 4.78 is 7.16. The lowest BCUT2D eigenvalue weighted by Crippen LogP contribution is -2.53. The van der Waals surface area contributed by atoms with Gasteiger partial charge in [-0.05, 0) is 62.3 Å². The molecule has 10 heteroatoms. The topological polar surface area (TPSA) is 110 Å². The van der Waals surface area contributed by atoms with Crippen LogP contribution in [-0.2, 0) is 33.8 Å². The van der Waals surface area contributed by atoms with Crippen LogP contribution < -0.4 is 10.1 Å². The second-order valence-electron chi connectivity index (χ2n) is 11.1. The van der Waals surface area contributed by atoms with E-state index in [1.54, 1.807) is 12.0 Å². The fourth-order valence-corrected chi connectivity index (χ4v) is 5.93. The van der Waals surface area contributed by atoms with E-state index in [0.717, 1.165) is 24.0 Å². The highest BCUT2D eigenvalue weighted by molar-refractivity contribution is 5.88. The van der Waals surface area contributed by atoms with Gasteiger partial charge in [0.15, 0.2) is 0 Å². The minimum atomic E-state index is -0.518. The molecule has 2 aliphatic heterocycles. The third-order valence-electron chi connectivity index (χ3n) is 8.09. The third-order valence-corrected chi connectivity index (χ3v) is 8.09. The van der Waals surface area contributed by atoms with E-state index in [1.165, 1.54) is 0 Å². The van der Waals surface area contributed by atoms with Crippen molar-refractivity contribution in [2.45, 2.75) is 70.5 Å². The number of carbonyl (C=O) groups is 3. The van der Waals surface area contributed by atoms with E-state index in [9.17, 15) is 14.4 Å². The van der Waals surface area contributed by atoms with E-state index < -0.39 is 12.1 Å². The lowest BCUT2D eigenvalue weighted by Gasteiger charge is -2.36. The Hall–Kier alpha value is -4.21. The van der Waals surface area contributed by atoms with Gasteiger partial charge < -0.3 is 19.9 Å². The lowest BCUT2D eigenvalue weighted by molar-refractivity contribution is -0.143. The van der Waals surface area contributed by atoms with Crippen molar-refractivity contribution < 1.29 is 19.1 Å². The Labute approximate surface area is 247 Å². The van der Waals surface area contributed by atoms with Crippen LogP contribution in [0.5, 0.6) is 5.75 Å². The number of aryl methyl sites for hydroxylation is 1. The predicted octanol–water partition coefficient (Wildman–Crippen LogP) is 3.24. The number of nitrogens with zero attached hydrogens (tertiary/aromatic N) is 5. The first-order valence-electron chi connectivity index (χ1n) is 14.9. The number of methoxy groups -OCH3 is 1. The molecular weight excluding hydrogens is 532 g/mol. The number of amides is 3. The normalized spacial score (nSPS) is 20.2. The van der Waals surface area contributed by atoms with E-state index >= 15 is 0 Å². The maximum absolute atomic E-state index is 13.7. The highest BCUT2D eigenvalue weighted by Gasteiger charge is 2.34. The van der Waals surface area contributed by atoms with Gasteiger partial charge in [-0.15, -0.1) is 0 Å². The maximum atomic E-state index is 13.7. The molecule has 3 aromatic rings. The summed E-state index contributed by atoms with van der Waals surface area (Å²) in [6.45, 7) is 3.67. The second kappa shape index (κ2) is 13.6. The number of hydrogen-bond donors (Lipinski definition) is 1. The summed E-state index contributed by atoms with van der Waals surface area (Å²) in [7, 11) is 1.61. The van der Waals surface area contributed by atoms with Gasteiger partial charge in [0.25, 0.3) is 0 Å². The number of benzene rings is 2. The largest absolute Gasteiger partial charge is 0.497 e. The summed E-state index contributed by atoms with van der Waals surface area (Å²) in [5.74, 6) is 1.75. The smallest absolute Gasteiger partial charge is 0.243 e. The number of hydrogen-bond acceptors (Lipinski definition) is 6. The quantitative estimate of drug-likeness (QED) is 0.503. The Bertz CT molecular complexity index is 1390. The van der Waals surface area contributed by atoms with E-state index in [4.69, 9.17) is 9.72 Å². The summed E-state index contributed by atoms with van der Waals surface area (Å²) in [6.07, 6.45) is 3.97. The zero-order valence-electron chi connectivity index (χ0n) is 24.5. The number of nitrogens with one attached hydrogen (secondary N) is 1. The number of piperidine rings is 1. The van der Waals surface area contributed by atoms with Crippen molar-refractivity contribution in [2.24, 2.45) is 0 Å². The Morgan fingerprint density at radius 2 is 1.79 bits per heavy atom. The molecule has 1 fully saturated rings. The molecule has 5 rings (SSSR count). The zero-order valence-corrected chi connectivity index (χ0v) is 24.5. The van der Waals surface area contributed by atoms with E-state index in [1.807, 2.05) is 71.1 Å². The summed E-state index contributed by atoms with van der Waals surface area (Å²) in [4.78, 5) is 49.0. The van der Waals surface area contributed by atoms with Crippen LogP contribution in [0.1, 0.15) is 60.9 Å². The monoisotopic (exact) mass is 572 g/mol. The van der Waals surface area contributed by atoms with Crippen LogP contribution in [0.4, 0.5) is 0 Å². The molecule has 0 spiro atoms. The van der Waals surface area contributed by atoms with Crippen molar-refractivity contribution >= 4 is 17.7 Å². The third kappa shape index (κ3) is 7.16. The van der Waals surface area contributed by atoms with Gasteiger partial charge in [-0.3, -0.25) is 14.4 Å². The van der Waals surface area contributed by atoms with Crippen LogP contribution in [0.3, 0.4) is 0 Å². The Morgan fingerprint density at radius 3 is 2.60 bits per heavy atom. The maximum Gasteiger partial charge on any atom is 0.243 e. The Kier molecular flexibility index (Phi) is 9.51. The van der Waals surface area contributed by atoms with Crippen LogP contribution in [-0.4, -0.2) is 75.1 Å². The molecule has 1 aromatic heterocycles. The molecular formula is C32H40N6O4. The van der Waals surface area contributed by atoms with Crippen LogP contribution in [0.25, 0.3) is 0 Å². The molecule has 3 heterocycles. The Morgan fingerprint density at radius 1 is 0.976 bits per heavy atom. The molecule has 1 N–H and O–H groups in total. The van der Waals surface area contributed by atoms with Crippen molar-refractivity contribution in [1.82, 2.24) is 29.9 Å². The molecule has 0 saturated carbocycles. The van der Waals surface area contributed by atoms with Crippen LogP contribution in [0.2, 0.25) is 0 Å². The summed E-state index contributed by atoms with van der Waals surface area (Å²) in [6, 6.07) is 16.5. The van der Waals surface area contributed by atoms with Crippen molar-refractivity contribution in [3.63, 3.8) is 0 Å². The molecule has 42 heavy (non-hydrogen) atoms. The van der Waals surface area contributed by atoms with Crippen LogP contribution in [0.15, 0.2) is 54.6 Å². The minimum Gasteiger partial charge on any atom is -0.497 e. The first kappa shape index (κ1) is 29.3. The van der Waals surface area contributed by atoms with Crippen molar-refractivity contribution in [3.8, 4) is 5.75 Å². The van der Waals surface area contributed by atoms with E-state index in [2.05, 4.69) is 10.4 Å². The van der Waals surface area contributed by atoms with Gasteiger partial charge in [0, 0.05) is 26.1 Å². The average molecular weight is 573 g/mol. The van der Waals surface area contributed by atoms with Gasteiger partial charge in [-0.1, -0.05) is 42.5 Å². The molecule has 3 amide bonds. The first-order chi connectivity index (χ1) is 20.4. The molecule has 2 atom stereocenters. The average Bonchev–Trinajstić information content (AvgIpc) is 3.38. The molecule has 2 aliphatic rings. The number of rotatable bonds is 5. The number of ether oxygens (including phenoxy) is 1. The number of carbonyl (C=O) groups excluding carboxylic acids is 3. The van der Waals surface area contributed by atoms with Gasteiger partial charge in [0.2, 0.25) is 17.7 Å². The predicted molar refractivity (Wildman–Crippen MR) is 158 cm³/mol. The van der Waals surface area contributed by atoms with Gasteiger partial charge >= 0.3 is 0 Å². The van der Waals surface area contributed by atoms with Crippen molar-refractivity contribution in [2.75, 3.05) is 26.7 Å². The zero-order chi connectivity index (χ0) is 29.5. The number of fused-ring (bicyclic) bond motifs is 2. The molecule has 222 valence electrons. The molecule has 2 aromatic carbocycles. The highest BCUT2D eigenvalue weighted by Crippen LogP contribution is 2.23. The van der Waals surface area contributed by atoms with Crippen LogP contribution in [0, 0.1) is 6.92 Å². The van der Waals surface area contributed by atoms with Crippen LogP contribution >= 0.6 is 0 Å². The van der Waals surface area contributed by atoms with Crippen molar-refractivity contribution in [1.29, 1.82) is 0 Å². The Balaban J connectivity index is 1.45. The van der Waals surface area contributed by atoms with Gasteiger partial charge in [0.1, 0.15) is 23.4 Å². The van der Waals surface area contributed by atoms with Gasteiger partial charge in [-0.2, -0.15) is 5.10 Å². The van der Waals surface area contributed by atoms with Gasteiger partial charge in [0.05, 0.1) is 26.1 Å². The molecule has 10 nitrogen and oxygen atoms in total. The highest BCUT2D eigenvalue weighted by atomic mass is 16.5. The number of aromatic nitrogens is 3. The fourth-order valence-electron chi connectivity index (χ4n) is 5.93. The molecule has 0 unspecified atom stereocenters. The molecule has 0 aliphatic carbocycles. The van der Waals surface area contributed by atoms with E-state index in [-0.39, 0.29) is 30.6 Å². The van der Waals surface area contributed by atoms with E-state index in [0.29, 0.717) is 62.8 Å². The molecule has 1 saturated heterocycles. The SMILES string of the molecule is COc1cccc(CC(=O)N2CCCC(=O)N3CCCC[C@H]3C(=O)N[C@H](Cc3ccccc3)c3nc(C)nn3CC2)c1. The lowest BCUT2D eigenvalue weighted by atomic mass is 9.99. The minimum absolute atomic E-state index is 0.0221. The summed E-state index contributed by atoms with van der Waals surface area (Å²) in [5, 5.41) is 7.90. The standard InChI is InChI=1S/C32H40N6O4/c1-23-33-31-27(21-24-10-4-3-5-11-24)34-32(41)28-14-6-7-17-37(28)29(39)15-9-16-36(18-19-38(31)35-23)30(40)22-25-12-8-13-26(20-25)42-2/h3-5,8,10-13,20,27-28H,6-7,9,14-19,21-22H2,1-2H3,(H,34,41)/t27-,28+/m1/s1.